The maximum Gasteiger partial charge on any atom is 0.333 e. The Morgan fingerprint density at radius 3 is 2.00 bits per heavy atom. The van der Waals surface area contributed by atoms with Crippen LogP contribution in [0.4, 0.5) is 0 Å². The average Bonchev–Trinajstić information content (AvgIpc) is 2.66. The van der Waals surface area contributed by atoms with Crippen LogP contribution in [0.2, 0.25) is 0 Å². The summed E-state index contributed by atoms with van der Waals surface area (Å²) in [4.78, 5) is 10.9. The molecule has 0 saturated heterocycles. The van der Waals surface area contributed by atoms with Gasteiger partial charge < -0.3 is 14.2 Å². The fourth-order valence-corrected chi connectivity index (χ4v) is 2.24. The smallest absolute Gasteiger partial charge is 0.333 e. The van der Waals surface area contributed by atoms with Crippen LogP contribution in [0.1, 0.15) is 26.2 Å². The summed E-state index contributed by atoms with van der Waals surface area (Å²) in [6, 6.07) is 15.6. The molecule has 0 fully saturated rings. The summed E-state index contributed by atoms with van der Waals surface area (Å²) in [6.45, 7) is 6.13. The van der Waals surface area contributed by atoms with Crippen molar-refractivity contribution in [1.82, 2.24) is 0 Å². The summed E-state index contributed by atoms with van der Waals surface area (Å²) in [5.41, 5.74) is 2.18. The summed E-state index contributed by atoms with van der Waals surface area (Å²) in [7, 11) is 0. The van der Waals surface area contributed by atoms with E-state index in [0.29, 0.717) is 5.75 Å². The van der Waals surface area contributed by atoms with Crippen LogP contribution in [0.25, 0.3) is 11.1 Å². The molecule has 0 bridgehead atoms. The number of esters is 1. The molecular weight excluding hydrogens is 316 g/mol. The molecule has 4 nitrogen and oxygen atoms in total. The monoisotopic (exact) mass is 340 g/mol. The van der Waals surface area contributed by atoms with Gasteiger partial charge in [-0.15, -0.1) is 0 Å². The third-order valence-electron chi connectivity index (χ3n) is 3.65. The van der Waals surface area contributed by atoms with Gasteiger partial charge in [-0.3, -0.25) is 0 Å². The van der Waals surface area contributed by atoms with E-state index in [0.717, 1.165) is 36.0 Å². The van der Waals surface area contributed by atoms with Crippen molar-refractivity contribution in [2.24, 2.45) is 0 Å². The van der Waals surface area contributed by atoms with E-state index < -0.39 is 5.97 Å². The van der Waals surface area contributed by atoms with E-state index in [-0.39, 0.29) is 6.79 Å². The molecule has 0 saturated carbocycles. The van der Waals surface area contributed by atoms with Crippen LogP contribution < -0.4 is 9.47 Å². The second-order valence-electron chi connectivity index (χ2n) is 5.53. The Labute approximate surface area is 149 Å². The molecule has 0 aliphatic rings. The van der Waals surface area contributed by atoms with Gasteiger partial charge in [-0.05, 0) is 41.8 Å². The van der Waals surface area contributed by atoms with Gasteiger partial charge in [-0.2, -0.15) is 0 Å². The van der Waals surface area contributed by atoms with E-state index in [4.69, 9.17) is 14.2 Å². The third-order valence-corrected chi connectivity index (χ3v) is 3.65. The van der Waals surface area contributed by atoms with Crippen LogP contribution >= 0.6 is 0 Å². The fourth-order valence-electron chi connectivity index (χ4n) is 2.24. The van der Waals surface area contributed by atoms with Crippen molar-refractivity contribution in [2.75, 3.05) is 13.4 Å². The molecule has 0 aliphatic heterocycles. The maximum atomic E-state index is 10.9. The summed E-state index contributed by atoms with van der Waals surface area (Å²) < 4.78 is 15.8. The van der Waals surface area contributed by atoms with Crippen LogP contribution in [0.3, 0.4) is 0 Å². The van der Waals surface area contributed by atoms with Crippen LogP contribution in [-0.2, 0) is 9.53 Å². The van der Waals surface area contributed by atoms with E-state index in [1.165, 1.54) is 12.8 Å². The number of unbranched alkanes of at least 4 members (excludes halogenated alkanes) is 2. The van der Waals surface area contributed by atoms with Crippen molar-refractivity contribution in [2.45, 2.75) is 26.2 Å². The van der Waals surface area contributed by atoms with Gasteiger partial charge in [-0.25, -0.2) is 4.79 Å². The Kier molecular flexibility index (Phi) is 7.57. The van der Waals surface area contributed by atoms with Gasteiger partial charge >= 0.3 is 5.97 Å². The summed E-state index contributed by atoms with van der Waals surface area (Å²) in [6.07, 6.45) is 4.57. The second kappa shape index (κ2) is 10.2. The van der Waals surface area contributed by atoms with E-state index in [1.54, 1.807) is 0 Å². The lowest BCUT2D eigenvalue weighted by molar-refractivity contribution is -0.144. The first kappa shape index (κ1) is 18.6. The number of carbonyl (C=O) groups is 1. The molecule has 0 radical (unpaired) electrons. The molecule has 0 heterocycles. The van der Waals surface area contributed by atoms with Crippen molar-refractivity contribution in [3.05, 3.63) is 61.2 Å². The summed E-state index contributed by atoms with van der Waals surface area (Å²) in [5, 5.41) is 0. The lowest BCUT2D eigenvalue weighted by Gasteiger charge is -2.09. The molecule has 2 aromatic rings. The molecular formula is C21H24O4. The number of rotatable bonds is 10. The highest BCUT2D eigenvalue weighted by Crippen LogP contribution is 2.24. The minimum absolute atomic E-state index is 0.131. The van der Waals surface area contributed by atoms with Gasteiger partial charge in [0.05, 0.1) is 6.61 Å². The van der Waals surface area contributed by atoms with Gasteiger partial charge in [0.1, 0.15) is 11.5 Å². The number of hydrogen-bond acceptors (Lipinski definition) is 4. The predicted octanol–water partition coefficient (Wildman–Crippen LogP) is 4.99. The van der Waals surface area contributed by atoms with Gasteiger partial charge in [0.15, 0.2) is 0 Å². The van der Waals surface area contributed by atoms with Gasteiger partial charge in [-0.1, -0.05) is 50.6 Å². The van der Waals surface area contributed by atoms with E-state index in [1.807, 2.05) is 48.5 Å². The van der Waals surface area contributed by atoms with Crippen molar-refractivity contribution < 1.29 is 19.0 Å². The molecule has 4 heteroatoms. The molecule has 0 aliphatic carbocycles. The average molecular weight is 340 g/mol. The normalized spacial score (nSPS) is 10.1. The lowest BCUT2D eigenvalue weighted by Crippen LogP contribution is -2.07. The Bertz CT molecular complexity index is 659. The maximum absolute atomic E-state index is 10.9. The fraction of sp³-hybridized carbons (Fsp3) is 0.286. The molecule has 0 amide bonds. The highest BCUT2D eigenvalue weighted by atomic mass is 16.7. The predicted molar refractivity (Wildman–Crippen MR) is 98.7 cm³/mol. The Morgan fingerprint density at radius 2 is 1.48 bits per heavy atom. The van der Waals surface area contributed by atoms with Crippen LogP contribution in [0.15, 0.2) is 61.2 Å². The zero-order valence-electron chi connectivity index (χ0n) is 14.6. The van der Waals surface area contributed by atoms with Crippen LogP contribution in [-0.4, -0.2) is 19.4 Å². The molecule has 0 unspecified atom stereocenters. The van der Waals surface area contributed by atoms with E-state index >= 15 is 0 Å². The quantitative estimate of drug-likeness (QED) is 0.265. The summed E-state index contributed by atoms with van der Waals surface area (Å²) in [5.74, 6) is 1.02. The molecule has 2 rings (SSSR count). The Balaban J connectivity index is 1.86. The zero-order valence-corrected chi connectivity index (χ0v) is 14.6. The third kappa shape index (κ3) is 6.34. The SMILES string of the molecule is C=CC(=O)OCOc1ccc(-c2ccc(OCCCCC)cc2)cc1. The molecule has 25 heavy (non-hydrogen) atoms. The van der Waals surface area contributed by atoms with Crippen molar-refractivity contribution in [3.8, 4) is 22.6 Å². The van der Waals surface area contributed by atoms with Gasteiger partial charge in [0.25, 0.3) is 0 Å². The summed E-state index contributed by atoms with van der Waals surface area (Å²) >= 11 is 0. The van der Waals surface area contributed by atoms with Gasteiger partial charge in [0, 0.05) is 6.08 Å². The molecule has 2 aromatic carbocycles. The van der Waals surface area contributed by atoms with Crippen molar-refractivity contribution >= 4 is 5.97 Å². The molecule has 0 N–H and O–H groups in total. The number of hydrogen-bond donors (Lipinski definition) is 0. The first-order valence-electron chi connectivity index (χ1n) is 8.48. The minimum Gasteiger partial charge on any atom is -0.494 e. The standard InChI is InChI=1S/C21H24O4/c1-3-5-6-15-23-19-11-7-17(8-12-19)18-9-13-20(14-10-18)24-16-25-21(22)4-2/h4,7-14H,2-3,5-6,15-16H2,1H3. The Morgan fingerprint density at radius 1 is 0.920 bits per heavy atom. The number of carbonyl (C=O) groups excluding carboxylic acids is 1. The largest absolute Gasteiger partial charge is 0.494 e. The van der Waals surface area contributed by atoms with Crippen LogP contribution in [0.5, 0.6) is 11.5 Å². The highest BCUT2D eigenvalue weighted by Gasteiger charge is 2.01. The molecule has 0 spiro atoms. The number of benzene rings is 2. The molecule has 132 valence electrons. The van der Waals surface area contributed by atoms with E-state index in [9.17, 15) is 4.79 Å². The minimum atomic E-state index is -0.506. The molecule has 0 aromatic heterocycles. The van der Waals surface area contributed by atoms with Crippen molar-refractivity contribution in [1.29, 1.82) is 0 Å². The van der Waals surface area contributed by atoms with Gasteiger partial charge in [0.2, 0.25) is 6.79 Å². The number of ether oxygens (including phenoxy) is 3. The lowest BCUT2D eigenvalue weighted by atomic mass is 10.1. The van der Waals surface area contributed by atoms with Crippen molar-refractivity contribution in [3.63, 3.8) is 0 Å². The highest BCUT2D eigenvalue weighted by molar-refractivity contribution is 5.81. The van der Waals surface area contributed by atoms with E-state index in [2.05, 4.69) is 13.5 Å². The second-order valence-corrected chi connectivity index (χ2v) is 5.53. The zero-order chi connectivity index (χ0) is 17.9. The first-order valence-corrected chi connectivity index (χ1v) is 8.48. The van der Waals surface area contributed by atoms with Crippen LogP contribution in [0, 0.1) is 0 Å². The first-order chi connectivity index (χ1) is 12.2. The molecule has 0 atom stereocenters. The Hall–Kier alpha value is -2.75. The topological polar surface area (TPSA) is 44.8 Å².